The van der Waals surface area contributed by atoms with E-state index in [0.29, 0.717) is 11.4 Å². The van der Waals surface area contributed by atoms with Gasteiger partial charge in [-0.25, -0.2) is 4.79 Å². The first-order chi connectivity index (χ1) is 5.83. The van der Waals surface area contributed by atoms with Gasteiger partial charge < -0.3 is 4.74 Å². The highest BCUT2D eigenvalue weighted by atomic mass is 35.5. The van der Waals surface area contributed by atoms with Gasteiger partial charge in [0.2, 0.25) is 0 Å². The van der Waals surface area contributed by atoms with Crippen molar-refractivity contribution in [3.05, 3.63) is 35.4 Å². The minimum atomic E-state index is -0.267. The summed E-state index contributed by atoms with van der Waals surface area (Å²) >= 11 is 5.62. The SMILES string of the molecule is O=C1OC(CCl)c2ccccc21. The molecule has 1 unspecified atom stereocenters. The number of ether oxygens (including phenoxy) is 1. The van der Waals surface area contributed by atoms with Gasteiger partial charge in [0.05, 0.1) is 11.4 Å². The van der Waals surface area contributed by atoms with Gasteiger partial charge in [-0.3, -0.25) is 0 Å². The summed E-state index contributed by atoms with van der Waals surface area (Å²) in [5.41, 5.74) is 1.54. The molecule has 0 N–H and O–H groups in total. The van der Waals surface area contributed by atoms with Crippen LogP contribution >= 0.6 is 11.6 Å². The number of esters is 1. The van der Waals surface area contributed by atoms with E-state index < -0.39 is 0 Å². The average molecular weight is 183 g/mol. The van der Waals surface area contributed by atoms with Crippen molar-refractivity contribution in [1.29, 1.82) is 0 Å². The van der Waals surface area contributed by atoms with Gasteiger partial charge in [-0.2, -0.15) is 0 Å². The molecule has 62 valence electrons. The Morgan fingerprint density at radius 1 is 1.42 bits per heavy atom. The van der Waals surface area contributed by atoms with Gasteiger partial charge in [-0.15, -0.1) is 11.6 Å². The first-order valence-corrected chi connectivity index (χ1v) is 4.22. The number of cyclic esters (lactones) is 1. The molecule has 0 saturated carbocycles. The molecule has 1 heterocycles. The summed E-state index contributed by atoms with van der Waals surface area (Å²) in [7, 11) is 0. The van der Waals surface area contributed by atoms with Crippen LogP contribution in [0.1, 0.15) is 22.0 Å². The third-order valence-electron chi connectivity index (χ3n) is 1.92. The molecule has 3 heteroatoms. The summed E-state index contributed by atoms with van der Waals surface area (Å²) in [5, 5.41) is 0. The van der Waals surface area contributed by atoms with E-state index >= 15 is 0 Å². The fraction of sp³-hybridized carbons (Fsp3) is 0.222. The van der Waals surface area contributed by atoms with Gasteiger partial charge in [0.25, 0.3) is 0 Å². The van der Waals surface area contributed by atoms with E-state index in [2.05, 4.69) is 0 Å². The molecule has 1 aromatic rings. The van der Waals surface area contributed by atoms with Crippen LogP contribution in [0.25, 0.3) is 0 Å². The highest BCUT2D eigenvalue weighted by molar-refractivity contribution is 6.18. The maximum absolute atomic E-state index is 11.2. The second kappa shape index (κ2) is 2.79. The standard InChI is InChI=1S/C9H7ClO2/c10-5-8-6-3-1-2-4-7(6)9(11)12-8/h1-4,8H,5H2. The van der Waals surface area contributed by atoms with E-state index in [1.54, 1.807) is 6.07 Å². The molecule has 0 saturated heterocycles. The van der Waals surface area contributed by atoms with Crippen molar-refractivity contribution >= 4 is 17.6 Å². The van der Waals surface area contributed by atoms with Gasteiger partial charge in [-0.05, 0) is 6.07 Å². The first-order valence-electron chi connectivity index (χ1n) is 3.69. The molecule has 1 aliphatic heterocycles. The maximum atomic E-state index is 11.2. The normalized spacial score (nSPS) is 20.4. The van der Waals surface area contributed by atoms with Crippen molar-refractivity contribution in [3.8, 4) is 0 Å². The van der Waals surface area contributed by atoms with Crippen LogP contribution in [0.5, 0.6) is 0 Å². The largest absolute Gasteiger partial charge is 0.453 e. The lowest BCUT2D eigenvalue weighted by atomic mass is 10.1. The number of hydrogen-bond acceptors (Lipinski definition) is 2. The van der Waals surface area contributed by atoms with Crippen LogP contribution in [-0.4, -0.2) is 11.8 Å². The van der Waals surface area contributed by atoms with E-state index in [9.17, 15) is 4.79 Å². The summed E-state index contributed by atoms with van der Waals surface area (Å²) < 4.78 is 5.01. The molecule has 1 aromatic carbocycles. The minimum absolute atomic E-state index is 0.254. The van der Waals surface area contributed by atoms with E-state index in [1.165, 1.54) is 0 Å². The van der Waals surface area contributed by atoms with Crippen LogP contribution in [0.2, 0.25) is 0 Å². The molecule has 0 spiro atoms. The fourth-order valence-electron chi connectivity index (χ4n) is 1.33. The van der Waals surface area contributed by atoms with E-state index in [4.69, 9.17) is 16.3 Å². The second-order valence-electron chi connectivity index (χ2n) is 2.64. The molecule has 0 bridgehead atoms. The van der Waals surface area contributed by atoms with E-state index in [1.807, 2.05) is 18.2 Å². The van der Waals surface area contributed by atoms with Crippen molar-refractivity contribution in [3.63, 3.8) is 0 Å². The smallest absolute Gasteiger partial charge is 0.339 e. The predicted molar refractivity (Wildman–Crippen MR) is 45.3 cm³/mol. The highest BCUT2D eigenvalue weighted by Crippen LogP contribution is 2.30. The molecule has 1 atom stereocenters. The van der Waals surface area contributed by atoms with Crippen LogP contribution in [0, 0.1) is 0 Å². The van der Waals surface area contributed by atoms with Crippen molar-refractivity contribution in [1.82, 2.24) is 0 Å². The quantitative estimate of drug-likeness (QED) is 0.491. The fourth-order valence-corrected chi connectivity index (χ4v) is 1.56. The van der Waals surface area contributed by atoms with Crippen LogP contribution < -0.4 is 0 Å². The van der Waals surface area contributed by atoms with Gasteiger partial charge in [0.15, 0.2) is 0 Å². The monoisotopic (exact) mass is 182 g/mol. The lowest BCUT2D eigenvalue weighted by Gasteiger charge is -2.03. The zero-order valence-electron chi connectivity index (χ0n) is 6.29. The summed E-state index contributed by atoms with van der Waals surface area (Å²) in [6.07, 6.45) is -0.254. The first kappa shape index (κ1) is 7.62. The van der Waals surface area contributed by atoms with Gasteiger partial charge >= 0.3 is 5.97 Å². The van der Waals surface area contributed by atoms with Crippen LogP contribution in [-0.2, 0) is 4.74 Å². The third-order valence-corrected chi connectivity index (χ3v) is 2.20. The topological polar surface area (TPSA) is 26.3 Å². The number of rotatable bonds is 1. The third kappa shape index (κ3) is 0.994. The number of carbonyl (C=O) groups is 1. The van der Waals surface area contributed by atoms with Crippen LogP contribution in [0.3, 0.4) is 0 Å². The van der Waals surface area contributed by atoms with Gasteiger partial charge in [-0.1, -0.05) is 18.2 Å². The average Bonchev–Trinajstić information content (AvgIpc) is 2.44. The Bertz CT molecular complexity index is 322. The number of benzene rings is 1. The highest BCUT2D eigenvalue weighted by Gasteiger charge is 2.29. The number of alkyl halides is 1. The lowest BCUT2D eigenvalue weighted by Crippen LogP contribution is -1.99. The molecule has 0 fully saturated rings. The number of halogens is 1. The molecule has 12 heavy (non-hydrogen) atoms. The molecule has 2 nitrogen and oxygen atoms in total. The van der Waals surface area contributed by atoms with Gasteiger partial charge in [0, 0.05) is 5.56 Å². The zero-order chi connectivity index (χ0) is 8.55. The minimum Gasteiger partial charge on any atom is -0.453 e. The van der Waals surface area contributed by atoms with Crippen molar-refractivity contribution in [2.45, 2.75) is 6.10 Å². The molecular formula is C9H7ClO2. The van der Waals surface area contributed by atoms with Gasteiger partial charge in [0.1, 0.15) is 6.10 Å². The Labute approximate surface area is 75.1 Å². The van der Waals surface area contributed by atoms with Crippen molar-refractivity contribution in [2.75, 3.05) is 5.88 Å². The van der Waals surface area contributed by atoms with Crippen LogP contribution in [0.15, 0.2) is 24.3 Å². The second-order valence-corrected chi connectivity index (χ2v) is 2.94. The van der Waals surface area contributed by atoms with Crippen molar-refractivity contribution in [2.24, 2.45) is 0 Å². The Morgan fingerprint density at radius 2 is 2.17 bits per heavy atom. The maximum Gasteiger partial charge on any atom is 0.339 e. The molecule has 0 amide bonds. The van der Waals surface area contributed by atoms with E-state index in [0.717, 1.165) is 5.56 Å². The van der Waals surface area contributed by atoms with Crippen molar-refractivity contribution < 1.29 is 9.53 Å². The predicted octanol–water partition coefficient (Wildman–Crippen LogP) is 2.14. The Morgan fingerprint density at radius 3 is 2.92 bits per heavy atom. The lowest BCUT2D eigenvalue weighted by molar-refractivity contribution is 0.0427. The van der Waals surface area contributed by atoms with E-state index in [-0.39, 0.29) is 12.1 Å². The zero-order valence-corrected chi connectivity index (χ0v) is 7.04. The molecule has 1 aliphatic rings. The van der Waals surface area contributed by atoms with Crippen LogP contribution in [0.4, 0.5) is 0 Å². The Balaban J connectivity index is 2.50. The molecule has 0 radical (unpaired) electrons. The summed E-state index contributed by atoms with van der Waals surface area (Å²) in [5.74, 6) is 0.0548. The Hall–Kier alpha value is -1.02. The number of hydrogen-bond donors (Lipinski definition) is 0. The summed E-state index contributed by atoms with van der Waals surface area (Å²) in [4.78, 5) is 11.2. The molecule has 2 rings (SSSR count). The molecule has 0 aromatic heterocycles. The Kier molecular flexibility index (Phi) is 1.77. The molecule has 0 aliphatic carbocycles. The summed E-state index contributed by atoms with van der Waals surface area (Å²) in [6, 6.07) is 7.31. The number of fused-ring (bicyclic) bond motifs is 1. The summed E-state index contributed by atoms with van der Waals surface area (Å²) in [6.45, 7) is 0. The number of carbonyl (C=O) groups excluding carboxylic acids is 1. The molecular weight excluding hydrogens is 176 g/mol.